The number of carbonyl (C=O) groups excluding carboxylic acids is 1. The summed E-state index contributed by atoms with van der Waals surface area (Å²) in [5.41, 5.74) is 1.94. The van der Waals surface area contributed by atoms with Crippen molar-refractivity contribution in [2.45, 2.75) is 19.4 Å². The Morgan fingerprint density at radius 3 is 2.95 bits per heavy atom. The third kappa shape index (κ3) is 3.11. The Kier molecular flexibility index (Phi) is 4.29. The molecule has 0 saturated carbocycles. The first-order valence-corrected chi connectivity index (χ1v) is 6.55. The van der Waals surface area contributed by atoms with Gasteiger partial charge in [0.2, 0.25) is 0 Å². The van der Waals surface area contributed by atoms with Crippen LogP contribution in [0.15, 0.2) is 24.3 Å². The predicted molar refractivity (Wildman–Crippen MR) is 75.7 cm³/mol. The van der Waals surface area contributed by atoms with Crippen LogP contribution in [0.25, 0.3) is 5.57 Å². The van der Waals surface area contributed by atoms with Gasteiger partial charge in [0.15, 0.2) is 0 Å². The van der Waals surface area contributed by atoms with Crippen molar-refractivity contribution in [3.8, 4) is 0 Å². The standard InChI is InChI=1S/C14H14ClNO4/c1-2-20-14(19)12-5-8(6-13(17)18)10-4-3-9(15)7-11(10)16-12/h3-4,6-7,12,16H,2,5H2,1H3,(H,17,18). The Labute approximate surface area is 121 Å². The van der Waals surface area contributed by atoms with Crippen LogP contribution < -0.4 is 5.32 Å². The van der Waals surface area contributed by atoms with Crippen molar-refractivity contribution in [3.63, 3.8) is 0 Å². The van der Waals surface area contributed by atoms with Crippen molar-refractivity contribution in [2.24, 2.45) is 0 Å². The number of carbonyl (C=O) groups is 2. The molecular formula is C14H14ClNO4. The molecule has 1 heterocycles. The van der Waals surface area contributed by atoms with Gasteiger partial charge in [0, 0.05) is 28.8 Å². The lowest BCUT2D eigenvalue weighted by Crippen LogP contribution is -2.34. The Hall–Kier alpha value is -2.01. The molecule has 106 valence electrons. The lowest BCUT2D eigenvalue weighted by Gasteiger charge is -2.27. The van der Waals surface area contributed by atoms with E-state index >= 15 is 0 Å². The van der Waals surface area contributed by atoms with E-state index in [1.165, 1.54) is 0 Å². The van der Waals surface area contributed by atoms with Crippen LogP contribution in [0.2, 0.25) is 5.02 Å². The molecule has 1 aromatic carbocycles. The van der Waals surface area contributed by atoms with Gasteiger partial charge in [-0.15, -0.1) is 0 Å². The fraction of sp³-hybridized carbons (Fsp3) is 0.286. The molecule has 1 aliphatic rings. The van der Waals surface area contributed by atoms with Gasteiger partial charge in [-0.25, -0.2) is 9.59 Å². The van der Waals surface area contributed by atoms with E-state index in [-0.39, 0.29) is 13.0 Å². The van der Waals surface area contributed by atoms with Gasteiger partial charge in [0.05, 0.1) is 6.61 Å². The highest BCUT2D eigenvalue weighted by Gasteiger charge is 2.28. The molecule has 1 aromatic rings. The highest BCUT2D eigenvalue weighted by Crippen LogP contribution is 2.35. The van der Waals surface area contributed by atoms with Crippen LogP contribution in [0, 0.1) is 0 Å². The first-order valence-electron chi connectivity index (χ1n) is 6.18. The second-order valence-corrected chi connectivity index (χ2v) is 4.79. The summed E-state index contributed by atoms with van der Waals surface area (Å²) in [6, 6.07) is 4.48. The number of esters is 1. The van der Waals surface area contributed by atoms with E-state index in [4.69, 9.17) is 21.4 Å². The quantitative estimate of drug-likeness (QED) is 0.662. The maximum absolute atomic E-state index is 11.8. The van der Waals surface area contributed by atoms with Crippen molar-refractivity contribution in [1.29, 1.82) is 0 Å². The molecule has 0 radical (unpaired) electrons. The zero-order valence-electron chi connectivity index (χ0n) is 10.9. The lowest BCUT2D eigenvalue weighted by atomic mass is 9.92. The van der Waals surface area contributed by atoms with Crippen LogP contribution in [0.4, 0.5) is 5.69 Å². The molecule has 2 N–H and O–H groups in total. The van der Waals surface area contributed by atoms with Gasteiger partial charge in [-0.1, -0.05) is 17.7 Å². The summed E-state index contributed by atoms with van der Waals surface area (Å²) in [4.78, 5) is 22.7. The molecule has 5 nitrogen and oxygen atoms in total. The maximum Gasteiger partial charge on any atom is 0.328 e. The fourth-order valence-electron chi connectivity index (χ4n) is 2.16. The number of carboxylic acids is 1. The van der Waals surface area contributed by atoms with E-state index < -0.39 is 18.0 Å². The number of anilines is 1. The van der Waals surface area contributed by atoms with E-state index in [0.29, 0.717) is 16.3 Å². The second kappa shape index (κ2) is 5.96. The molecular weight excluding hydrogens is 282 g/mol. The van der Waals surface area contributed by atoms with E-state index in [1.807, 2.05) is 0 Å². The van der Waals surface area contributed by atoms with Crippen molar-refractivity contribution in [2.75, 3.05) is 11.9 Å². The summed E-state index contributed by atoms with van der Waals surface area (Å²) in [7, 11) is 0. The highest BCUT2D eigenvalue weighted by molar-refractivity contribution is 6.31. The smallest absolute Gasteiger partial charge is 0.328 e. The molecule has 0 bridgehead atoms. The molecule has 0 fully saturated rings. The van der Waals surface area contributed by atoms with E-state index in [0.717, 1.165) is 11.6 Å². The molecule has 1 atom stereocenters. The van der Waals surface area contributed by atoms with Crippen LogP contribution in [0.1, 0.15) is 18.9 Å². The molecule has 6 heteroatoms. The lowest BCUT2D eigenvalue weighted by molar-refractivity contribution is -0.144. The van der Waals surface area contributed by atoms with E-state index in [9.17, 15) is 9.59 Å². The van der Waals surface area contributed by atoms with Gasteiger partial charge in [0.1, 0.15) is 6.04 Å². The number of carboxylic acid groups (broad SMARTS) is 1. The summed E-state index contributed by atoms with van der Waals surface area (Å²) in [6.45, 7) is 2.00. The molecule has 1 aliphatic heterocycles. The molecule has 0 spiro atoms. The van der Waals surface area contributed by atoms with Crippen LogP contribution in [0.5, 0.6) is 0 Å². The Morgan fingerprint density at radius 1 is 1.55 bits per heavy atom. The number of nitrogens with one attached hydrogen (secondary N) is 1. The normalized spacial score (nSPS) is 19.1. The van der Waals surface area contributed by atoms with Gasteiger partial charge in [-0.05, 0) is 24.6 Å². The number of hydrogen-bond donors (Lipinski definition) is 2. The summed E-state index contributed by atoms with van der Waals surface area (Å²) in [5, 5.41) is 12.5. The first kappa shape index (κ1) is 14.4. The fourth-order valence-corrected chi connectivity index (χ4v) is 2.33. The highest BCUT2D eigenvalue weighted by atomic mass is 35.5. The summed E-state index contributed by atoms with van der Waals surface area (Å²) >= 11 is 5.93. The average Bonchev–Trinajstić information content (AvgIpc) is 2.37. The van der Waals surface area contributed by atoms with Crippen molar-refractivity contribution >= 4 is 34.8 Å². The summed E-state index contributed by atoms with van der Waals surface area (Å²) in [6.07, 6.45) is 1.37. The number of aliphatic carboxylic acids is 1. The van der Waals surface area contributed by atoms with Crippen molar-refractivity contribution in [1.82, 2.24) is 0 Å². The molecule has 0 saturated heterocycles. The SMILES string of the molecule is CCOC(=O)C1CC(=CC(=O)O)c2ccc(Cl)cc2N1. The van der Waals surface area contributed by atoms with E-state index in [1.54, 1.807) is 25.1 Å². The number of benzene rings is 1. The first-order chi connectivity index (χ1) is 9.51. The third-order valence-electron chi connectivity index (χ3n) is 2.95. The topological polar surface area (TPSA) is 75.6 Å². The van der Waals surface area contributed by atoms with Crippen LogP contribution >= 0.6 is 11.6 Å². The Morgan fingerprint density at radius 2 is 2.30 bits per heavy atom. The molecule has 0 aliphatic carbocycles. The Bertz CT molecular complexity index is 583. The molecule has 1 unspecified atom stereocenters. The number of hydrogen-bond acceptors (Lipinski definition) is 4. The number of halogens is 1. The summed E-state index contributed by atoms with van der Waals surface area (Å²) in [5.74, 6) is -1.46. The average molecular weight is 296 g/mol. The van der Waals surface area contributed by atoms with Gasteiger partial charge in [0.25, 0.3) is 0 Å². The molecule has 0 aromatic heterocycles. The zero-order chi connectivity index (χ0) is 14.7. The second-order valence-electron chi connectivity index (χ2n) is 4.35. The minimum Gasteiger partial charge on any atom is -0.478 e. The number of fused-ring (bicyclic) bond motifs is 1. The minimum absolute atomic E-state index is 0.264. The van der Waals surface area contributed by atoms with Gasteiger partial charge >= 0.3 is 11.9 Å². The maximum atomic E-state index is 11.8. The van der Waals surface area contributed by atoms with Gasteiger partial charge < -0.3 is 15.2 Å². The van der Waals surface area contributed by atoms with Crippen LogP contribution in [0.3, 0.4) is 0 Å². The molecule has 20 heavy (non-hydrogen) atoms. The van der Waals surface area contributed by atoms with Crippen molar-refractivity contribution < 1.29 is 19.4 Å². The minimum atomic E-state index is -1.05. The van der Waals surface area contributed by atoms with E-state index in [2.05, 4.69) is 5.32 Å². The summed E-state index contributed by atoms with van der Waals surface area (Å²) < 4.78 is 4.97. The monoisotopic (exact) mass is 295 g/mol. The number of rotatable bonds is 3. The van der Waals surface area contributed by atoms with Gasteiger partial charge in [-0.2, -0.15) is 0 Å². The molecule has 2 rings (SSSR count). The van der Waals surface area contributed by atoms with Crippen molar-refractivity contribution in [3.05, 3.63) is 34.9 Å². The van der Waals surface area contributed by atoms with Crippen LogP contribution in [-0.4, -0.2) is 29.7 Å². The predicted octanol–water partition coefficient (Wildman–Crippen LogP) is 2.56. The third-order valence-corrected chi connectivity index (χ3v) is 3.19. The Balaban J connectivity index is 2.39. The van der Waals surface area contributed by atoms with Gasteiger partial charge in [-0.3, -0.25) is 0 Å². The molecule has 0 amide bonds. The zero-order valence-corrected chi connectivity index (χ0v) is 11.6. The largest absolute Gasteiger partial charge is 0.478 e. The van der Waals surface area contributed by atoms with Crippen LogP contribution in [-0.2, 0) is 14.3 Å². The number of ether oxygens (including phenoxy) is 1.